The van der Waals surface area contributed by atoms with Crippen LogP contribution in [0.5, 0.6) is 5.75 Å². The van der Waals surface area contributed by atoms with E-state index in [1.165, 1.54) is 43.8 Å². The van der Waals surface area contributed by atoms with Crippen molar-refractivity contribution in [1.82, 2.24) is 4.98 Å². The normalized spacial score (nSPS) is 10.0. The molecule has 108 valence electrons. The topological polar surface area (TPSA) is 88.5 Å². The number of pyridine rings is 1. The lowest BCUT2D eigenvalue weighted by molar-refractivity contribution is 0.0696. The molecule has 0 aliphatic heterocycles. The van der Waals surface area contributed by atoms with Gasteiger partial charge in [0.1, 0.15) is 5.75 Å². The van der Waals surface area contributed by atoms with Crippen molar-refractivity contribution in [1.29, 1.82) is 0 Å². The number of ether oxygens (including phenoxy) is 1. The molecule has 0 aliphatic carbocycles. The van der Waals surface area contributed by atoms with Crippen LogP contribution in [-0.2, 0) is 0 Å². The van der Waals surface area contributed by atoms with Crippen LogP contribution < -0.4 is 10.1 Å². The molecule has 0 saturated carbocycles. The number of aromatic carboxylic acids is 1. The van der Waals surface area contributed by atoms with Gasteiger partial charge in [0.05, 0.1) is 28.9 Å². The lowest BCUT2D eigenvalue weighted by Crippen LogP contribution is -2.14. The maximum absolute atomic E-state index is 12.1. The van der Waals surface area contributed by atoms with Crippen LogP contribution in [0, 0.1) is 0 Å². The third-order valence-corrected chi connectivity index (χ3v) is 3.04. The fraction of sp³-hybridized carbons (Fsp3) is 0.0714. The van der Waals surface area contributed by atoms with Crippen molar-refractivity contribution >= 4 is 29.2 Å². The molecule has 0 unspecified atom stereocenters. The molecule has 0 spiro atoms. The number of hydrogen-bond acceptors (Lipinski definition) is 4. The van der Waals surface area contributed by atoms with Gasteiger partial charge in [0.2, 0.25) is 0 Å². The van der Waals surface area contributed by atoms with Crippen molar-refractivity contribution in [2.75, 3.05) is 12.4 Å². The van der Waals surface area contributed by atoms with E-state index in [-0.39, 0.29) is 21.8 Å². The molecule has 7 heteroatoms. The Kier molecular flexibility index (Phi) is 4.39. The summed E-state index contributed by atoms with van der Waals surface area (Å²) in [5.74, 6) is -1.27. The summed E-state index contributed by atoms with van der Waals surface area (Å²) in [6.45, 7) is 0. The van der Waals surface area contributed by atoms with Gasteiger partial charge in [-0.2, -0.15) is 0 Å². The number of halogens is 1. The first-order valence-corrected chi connectivity index (χ1v) is 6.23. The fourth-order valence-corrected chi connectivity index (χ4v) is 1.86. The molecule has 1 aromatic carbocycles. The molecule has 1 aromatic heterocycles. The summed E-state index contributed by atoms with van der Waals surface area (Å²) in [7, 11) is 1.42. The van der Waals surface area contributed by atoms with Crippen LogP contribution in [-0.4, -0.2) is 29.1 Å². The minimum atomic E-state index is -1.10. The number of aromatic nitrogens is 1. The van der Waals surface area contributed by atoms with E-state index < -0.39 is 11.9 Å². The highest BCUT2D eigenvalue weighted by atomic mass is 35.5. The van der Waals surface area contributed by atoms with Gasteiger partial charge >= 0.3 is 5.97 Å². The first kappa shape index (κ1) is 14.8. The Labute approximate surface area is 125 Å². The average Bonchev–Trinajstić information content (AvgIpc) is 2.47. The van der Waals surface area contributed by atoms with Crippen molar-refractivity contribution < 1.29 is 19.4 Å². The van der Waals surface area contributed by atoms with Gasteiger partial charge in [-0.1, -0.05) is 11.6 Å². The van der Waals surface area contributed by atoms with E-state index in [0.717, 1.165) is 0 Å². The molecule has 2 aromatic rings. The second-order valence-corrected chi connectivity index (χ2v) is 4.44. The van der Waals surface area contributed by atoms with Crippen LogP contribution in [0.4, 0.5) is 5.69 Å². The van der Waals surface area contributed by atoms with Gasteiger partial charge < -0.3 is 15.2 Å². The molecule has 0 fully saturated rings. The number of carbonyl (C=O) groups is 2. The van der Waals surface area contributed by atoms with Crippen molar-refractivity contribution in [3.8, 4) is 5.75 Å². The minimum Gasteiger partial charge on any atom is -0.495 e. The Morgan fingerprint density at radius 2 is 2.10 bits per heavy atom. The van der Waals surface area contributed by atoms with E-state index >= 15 is 0 Å². The van der Waals surface area contributed by atoms with Crippen LogP contribution >= 0.6 is 11.6 Å². The number of benzene rings is 1. The number of anilines is 1. The van der Waals surface area contributed by atoms with E-state index in [1.807, 2.05) is 0 Å². The fourth-order valence-electron chi connectivity index (χ4n) is 1.67. The van der Waals surface area contributed by atoms with Gasteiger partial charge in [0.25, 0.3) is 5.91 Å². The van der Waals surface area contributed by atoms with Crippen molar-refractivity contribution in [3.05, 3.63) is 52.8 Å². The monoisotopic (exact) mass is 306 g/mol. The largest absolute Gasteiger partial charge is 0.495 e. The SMILES string of the molecule is COc1ccc(C(=O)O)cc1NC(=O)c1cnccc1Cl. The van der Waals surface area contributed by atoms with Crippen LogP contribution in [0.2, 0.25) is 5.02 Å². The number of carbonyl (C=O) groups excluding carboxylic acids is 1. The van der Waals surface area contributed by atoms with Gasteiger partial charge in [-0.3, -0.25) is 9.78 Å². The Hall–Kier alpha value is -2.60. The van der Waals surface area contributed by atoms with Crippen molar-refractivity contribution in [2.24, 2.45) is 0 Å². The number of nitrogens with zero attached hydrogens (tertiary/aromatic N) is 1. The van der Waals surface area contributed by atoms with Gasteiger partial charge in [0.15, 0.2) is 0 Å². The zero-order valence-corrected chi connectivity index (χ0v) is 11.7. The highest BCUT2D eigenvalue weighted by Gasteiger charge is 2.15. The first-order valence-electron chi connectivity index (χ1n) is 5.85. The van der Waals surface area contributed by atoms with Crippen LogP contribution in [0.15, 0.2) is 36.7 Å². The van der Waals surface area contributed by atoms with E-state index in [2.05, 4.69) is 10.3 Å². The molecular formula is C14H11ClN2O4. The highest BCUT2D eigenvalue weighted by Crippen LogP contribution is 2.26. The molecule has 2 N–H and O–H groups in total. The molecule has 0 bridgehead atoms. The number of carboxylic acids is 1. The van der Waals surface area contributed by atoms with Gasteiger partial charge in [-0.15, -0.1) is 0 Å². The smallest absolute Gasteiger partial charge is 0.335 e. The number of hydrogen-bond donors (Lipinski definition) is 2. The number of rotatable bonds is 4. The Bertz CT molecular complexity index is 703. The predicted octanol–water partition coefficient (Wildman–Crippen LogP) is 2.69. The number of methoxy groups -OCH3 is 1. The first-order chi connectivity index (χ1) is 10.0. The van der Waals surface area contributed by atoms with E-state index in [4.69, 9.17) is 21.4 Å². The lowest BCUT2D eigenvalue weighted by Gasteiger charge is -2.11. The number of amides is 1. The average molecular weight is 307 g/mol. The third kappa shape index (κ3) is 3.29. The van der Waals surface area contributed by atoms with E-state index in [9.17, 15) is 9.59 Å². The Balaban J connectivity index is 2.34. The molecule has 1 amide bonds. The summed E-state index contributed by atoms with van der Waals surface area (Å²) in [6, 6.07) is 5.64. The predicted molar refractivity (Wildman–Crippen MR) is 77.2 cm³/mol. The summed E-state index contributed by atoms with van der Waals surface area (Å²) in [5.41, 5.74) is 0.452. The zero-order chi connectivity index (χ0) is 15.4. The minimum absolute atomic E-state index is 0.0309. The van der Waals surface area contributed by atoms with Crippen molar-refractivity contribution in [2.45, 2.75) is 0 Å². The maximum atomic E-state index is 12.1. The van der Waals surface area contributed by atoms with Gasteiger partial charge in [-0.05, 0) is 24.3 Å². The Morgan fingerprint density at radius 3 is 2.71 bits per heavy atom. The van der Waals surface area contributed by atoms with Crippen LogP contribution in [0.1, 0.15) is 20.7 Å². The summed E-state index contributed by atoms with van der Waals surface area (Å²) in [4.78, 5) is 26.9. The van der Waals surface area contributed by atoms with Crippen LogP contribution in [0.25, 0.3) is 0 Å². The number of carboxylic acid groups (broad SMARTS) is 1. The summed E-state index contributed by atoms with van der Waals surface area (Å²) in [5, 5.41) is 11.8. The summed E-state index contributed by atoms with van der Waals surface area (Å²) in [6.07, 6.45) is 2.79. The summed E-state index contributed by atoms with van der Waals surface area (Å²) < 4.78 is 5.09. The molecule has 1 heterocycles. The molecule has 0 aliphatic rings. The zero-order valence-electron chi connectivity index (χ0n) is 11.0. The van der Waals surface area contributed by atoms with Crippen LogP contribution in [0.3, 0.4) is 0 Å². The summed E-state index contributed by atoms with van der Waals surface area (Å²) >= 11 is 5.91. The third-order valence-electron chi connectivity index (χ3n) is 2.71. The second-order valence-electron chi connectivity index (χ2n) is 4.03. The molecule has 21 heavy (non-hydrogen) atoms. The Morgan fingerprint density at radius 1 is 1.33 bits per heavy atom. The quantitative estimate of drug-likeness (QED) is 0.906. The highest BCUT2D eigenvalue weighted by molar-refractivity contribution is 6.34. The molecule has 6 nitrogen and oxygen atoms in total. The molecular weight excluding hydrogens is 296 g/mol. The van der Waals surface area contributed by atoms with Gasteiger partial charge in [0, 0.05) is 12.4 Å². The number of nitrogens with one attached hydrogen (secondary N) is 1. The standard InChI is InChI=1S/C14H11ClN2O4/c1-21-12-3-2-8(14(19)20)6-11(12)17-13(18)9-7-16-5-4-10(9)15/h2-7H,1H3,(H,17,18)(H,19,20). The second kappa shape index (κ2) is 6.23. The van der Waals surface area contributed by atoms with E-state index in [1.54, 1.807) is 0 Å². The molecule has 0 radical (unpaired) electrons. The van der Waals surface area contributed by atoms with E-state index in [0.29, 0.717) is 5.75 Å². The van der Waals surface area contributed by atoms with Crippen molar-refractivity contribution in [3.63, 3.8) is 0 Å². The molecule has 0 saturated heterocycles. The maximum Gasteiger partial charge on any atom is 0.335 e. The lowest BCUT2D eigenvalue weighted by atomic mass is 10.1. The molecule has 2 rings (SSSR count). The van der Waals surface area contributed by atoms with Gasteiger partial charge in [-0.25, -0.2) is 4.79 Å². The molecule has 0 atom stereocenters.